The summed E-state index contributed by atoms with van der Waals surface area (Å²) >= 11 is 0. The minimum Gasteiger partial charge on any atom is -0.391 e. The number of quaternary nitrogens is 1. The van der Waals surface area contributed by atoms with Gasteiger partial charge in [-0.25, -0.2) is 4.57 Å². The maximum absolute atomic E-state index is 13.0. The molecule has 70 heavy (non-hydrogen) atoms. The molecule has 9 heteroatoms. The van der Waals surface area contributed by atoms with Gasteiger partial charge in [-0.2, -0.15) is 0 Å². The Kier molecular flexibility index (Phi) is 50.7. The highest BCUT2D eigenvalue weighted by Crippen LogP contribution is 2.43. The summed E-state index contributed by atoms with van der Waals surface area (Å²) in [5, 5.41) is 14.1. The van der Waals surface area contributed by atoms with E-state index in [2.05, 4.69) is 79.9 Å². The van der Waals surface area contributed by atoms with Crippen LogP contribution in [0.15, 0.2) is 60.8 Å². The second kappa shape index (κ2) is 52.1. The molecule has 3 N–H and O–H groups in total. The molecule has 0 heterocycles. The van der Waals surface area contributed by atoms with Crippen LogP contribution >= 0.6 is 7.82 Å². The summed E-state index contributed by atoms with van der Waals surface area (Å²) in [5.41, 5.74) is 0. The van der Waals surface area contributed by atoms with E-state index in [0.29, 0.717) is 23.9 Å². The number of nitrogens with one attached hydrogen (secondary N) is 1. The number of hydrogen-bond acceptors (Lipinski definition) is 5. The van der Waals surface area contributed by atoms with E-state index in [9.17, 15) is 19.4 Å². The average Bonchev–Trinajstić information content (AvgIpc) is 3.32. The fourth-order valence-corrected chi connectivity index (χ4v) is 9.40. The maximum atomic E-state index is 13.0. The largest absolute Gasteiger partial charge is 0.472 e. The molecule has 0 saturated carbocycles. The number of rotatable bonds is 54. The van der Waals surface area contributed by atoms with E-state index in [-0.39, 0.29) is 19.1 Å². The summed E-state index contributed by atoms with van der Waals surface area (Å²) in [6, 6.07) is -0.762. The Bertz CT molecular complexity index is 1320. The van der Waals surface area contributed by atoms with E-state index in [1.54, 1.807) is 0 Å². The van der Waals surface area contributed by atoms with E-state index in [4.69, 9.17) is 9.05 Å². The fraction of sp³-hybridized carbons (Fsp3) is 0.820. The summed E-state index contributed by atoms with van der Waals surface area (Å²) in [6.45, 7) is 4.80. The number of allylic oxidation sites excluding steroid dienone is 10. The molecular weight excluding hydrogens is 888 g/mol. The number of carbonyl (C=O) groups is 1. The Labute approximate surface area is 434 Å². The highest BCUT2D eigenvalue weighted by atomic mass is 31.2. The van der Waals surface area contributed by atoms with Gasteiger partial charge in [-0.1, -0.05) is 267 Å². The zero-order valence-corrected chi connectivity index (χ0v) is 47.7. The molecule has 0 rings (SSSR count). The van der Waals surface area contributed by atoms with Crippen molar-refractivity contribution in [3.8, 4) is 0 Å². The van der Waals surface area contributed by atoms with Gasteiger partial charge in [0, 0.05) is 6.42 Å². The molecule has 0 aliphatic heterocycles. The van der Waals surface area contributed by atoms with Crippen LogP contribution in [-0.2, 0) is 18.4 Å². The van der Waals surface area contributed by atoms with E-state index < -0.39 is 20.0 Å². The number of phosphoric ester groups is 1. The summed E-state index contributed by atoms with van der Waals surface area (Å²) in [5.74, 6) is -0.143. The number of amides is 1. The second-order valence-electron chi connectivity index (χ2n) is 21.3. The highest BCUT2D eigenvalue weighted by Gasteiger charge is 2.28. The van der Waals surface area contributed by atoms with Gasteiger partial charge in [0.15, 0.2) is 0 Å². The molecule has 3 unspecified atom stereocenters. The van der Waals surface area contributed by atoms with Crippen LogP contribution in [0.2, 0.25) is 0 Å². The van der Waals surface area contributed by atoms with Gasteiger partial charge in [-0.15, -0.1) is 0 Å². The number of unbranched alkanes of at least 4 members (excludes halogenated alkanes) is 31. The zero-order chi connectivity index (χ0) is 51.3. The molecule has 0 fully saturated rings. The van der Waals surface area contributed by atoms with Gasteiger partial charge in [-0.05, 0) is 57.8 Å². The van der Waals surface area contributed by atoms with Gasteiger partial charge in [0.05, 0.1) is 39.9 Å². The molecule has 3 atom stereocenters. The van der Waals surface area contributed by atoms with Crippen LogP contribution in [0.3, 0.4) is 0 Å². The Hall–Kier alpha value is -1.80. The summed E-state index contributed by atoms with van der Waals surface area (Å²) in [4.78, 5) is 23.3. The maximum Gasteiger partial charge on any atom is 0.472 e. The van der Waals surface area contributed by atoms with Crippen molar-refractivity contribution in [3.05, 3.63) is 60.8 Å². The molecule has 0 aromatic carbocycles. The van der Waals surface area contributed by atoms with Crippen molar-refractivity contribution in [2.75, 3.05) is 40.9 Å². The third-order valence-electron chi connectivity index (χ3n) is 13.3. The smallest absolute Gasteiger partial charge is 0.391 e. The van der Waals surface area contributed by atoms with Gasteiger partial charge in [0.1, 0.15) is 13.2 Å². The monoisotopic (exact) mass is 1000 g/mol. The third kappa shape index (κ3) is 54.0. The molecule has 0 saturated heterocycles. The summed E-state index contributed by atoms with van der Waals surface area (Å²) in [6.07, 6.45) is 69.9. The van der Waals surface area contributed by atoms with Crippen LogP contribution in [0.5, 0.6) is 0 Å². The number of aliphatic hydroxyl groups is 1. The fourth-order valence-electron chi connectivity index (χ4n) is 8.66. The van der Waals surface area contributed by atoms with Crippen molar-refractivity contribution in [2.45, 2.75) is 283 Å². The Morgan fingerprint density at radius 1 is 0.500 bits per heavy atom. The third-order valence-corrected chi connectivity index (χ3v) is 14.3. The van der Waals surface area contributed by atoms with Crippen molar-refractivity contribution in [1.82, 2.24) is 5.32 Å². The highest BCUT2D eigenvalue weighted by molar-refractivity contribution is 7.47. The topological polar surface area (TPSA) is 105 Å². The molecule has 0 spiro atoms. The lowest BCUT2D eigenvalue weighted by Crippen LogP contribution is -2.46. The first-order valence-electron chi connectivity index (χ1n) is 29.7. The summed E-state index contributed by atoms with van der Waals surface area (Å²) < 4.78 is 23.8. The van der Waals surface area contributed by atoms with Crippen LogP contribution < -0.4 is 5.32 Å². The van der Waals surface area contributed by atoms with Crippen LogP contribution in [0, 0.1) is 0 Å². The van der Waals surface area contributed by atoms with E-state index in [0.717, 1.165) is 70.6 Å². The van der Waals surface area contributed by atoms with E-state index in [1.165, 1.54) is 173 Å². The van der Waals surface area contributed by atoms with Crippen molar-refractivity contribution in [2.24, 2.45) is 0 Å². The Balaban J connectivity index is 4.08. The Morgan fingerprint density at radius 3 is 1.26 bits per heavy atom. The van der Waals surface area contributed by atoms with Gasteiger partial charge in [0.2, 0.25) is 5.91 Å². The summed E-state index contributed by atoms with van der Waals surface area (Å²) in [7, 11) is 1.62. The molecule has 0 aromatic heterocycles. The molecule has 0 bridgehead atoms. The first-order valence-corrected chi connectivity index (χ1v) is 31.1. The molecule has 0 aliphatic carbocycles. The standard InChI is InChI=1S/C61H115N2O6P/c1-6-8-10-12-14-16-18-20-22-24-25-26-27-28-29-30-31-32-33-34-35-36-37-39-41-43-45-47-49-51-53-55-61(65)62-59(58-69-70(66,67)68-57-56-63(3,4)5)60(64)54-52-50-48-46-44-42-40-38-23-21-19-17-15-13-11-9-7-2/h8,10,14,16,20,22,25-26,28-29,59-60,64H,6-7,9,11-13,15,17-19,21,23-24,27,30-58H2,1-5H3,(H-,62,65,66,67)/p+1/b10-8-,16-14-,22-20-,26-25-,29-28-. The van der Waals surface area contributed by atoms with E-state index in [1.807, 2.05) is 21.1 Å². The molecule has 0 aromatic rings. The molecule has 410 valence electrons. The van der Waals surface area contributed by atoms with Gasteiger partial charge >= 0.3 is 7.82 Å². The van der Waals surface area contributed by atoms with Crippen molar-refractivity contribution >= 4 is 13.7 Å². The number of aliphatic hydroxyl groups excluding tert-OH is 1. The zero-order valence-electron chi connectivity index (χ0n) is 46.8. The number of likely N-dealkylation sites (N-methyl/N-ethyl adjacent to an activating group) is 1. The van der Waals surface area contributed by atoms with Gasteiger partial charge in [0.25, 0.3) is 0 Å². The second-order valence-corrected chi connectivity index (χ2v) is 22.8. The van der Waals surface area contributed by atoms with E-state index >= 15 is 0 Å². The normalized spacial score (nSPS) is 14.3. The van der Waals surface area contributed by atoms with Crippen molar-refractivity contribution < 1.29 is 32.9 Å². The van der Waals surface area contributed by atoms with Gasteiger partial charge in [-0.3, -0.25) is 13.8 Å². The molecular formula is C61H116N2O6P+. The first-order chi connectivity index (χ1) is 34.0. The number of carbonyl (C=O) groups excluding carboxylic acids is 1. The minimum atomic E-state index is -4.32. The molecule has 1 amide bonds. The number of nitrogens with zero attached hydrogens (tertiary/aromatic N) is 1. The number of phosphoric acid groups is 1. The van der Waals surface area contributed by atoms with Crippen LogP contribution in [0.4, 0.5) is 0 Å². The van der Waals surface area contributed by atoms with Gasteiger partial charge < -0.3 is 19.8 Å². The average molecular weight is 1000 g/mol. The predicted octanol–water partition coefficient (Wildman–Crippen LogP) is 18.1. The first kappa shape index (κ1) is 68.2. The minimum absolute atomic E-state index is 0.0742. The molecule has 8 nitrogen and oxygen atoms in total. The lowest BCUT2D eigenvalue weighted by atomic mass is 10.0. The SMILES string of the molecule is CC/C=C\C/C=C\C/C=C\C/C=C\C/C=C\CCCCCCCCCCCCCCCCCC(=O)NC(COP(=O)(O)OCC[N+](C)(C)C)C(O)CCCCCCCCCCCCCCCCCCC. The van der Waals surface area contributed by atoms with Crippen molar-refractivity contribution in [3.63, 3.8) is 0 Å². The lowest BCUT2D eigenvalue weighted by molar-refractivity contribution is -0.870. The van der Waals surface area contributed by atoms with Crippen LogP contribution in [0.1, 0.15) is 271 Å². The predicted molar refractivity (Wildman–Crippen MR) is 304 cm³/mol. The van der Waals surface area contributed by atoms with Crippen LogP contribution in [0.25, 0.3) is 0 Å². The molecule has 0 radical (unpaired) electrons. The molecule has 0 aliphatic rings. The van der Waals surface area contributed by atoms with Crippen LogP contribution in [-0.4, -0.2) is 73.4 Å². The Morgan fingerprint density at radius 2 is 0.857 bits per heavy atom. The quantitative estimate of drug-likeness (QED) is 0.0243. The number of hydrogen-bond donors (Lipinski definition) is 3. The lowest BCUT2D eigenvalue weighted by Gasteiger charge is -2.26. The van der Waals surface area contributed by atoms with Crippen molar-refractivity contribution in [1.29, 1.82) is 0 Å².